The molecule has 0 spiro atoms. The molecule has 1 aliphatic heterocycles. The Morgan fingerprint density at radius 3 is 3.12 bits per heavy atom. The van der Waals surface area contributed by atoms with Crippen molar-refractivity contribution in [2.24, 2.45) is 0 Å². The van der Waals surface area contributed by atoms with Crippen LogP contribution in [0.25, 0.3) is 0 Å². The standard InChI is InChI=1S/C10H15BrN4O2/c1-12-9-13-4-7(11)8(15-9)14-5-10(16)2-3-17-6-10/h4,16H,2-3,5-6H2,1H3,(H2,12,13,14,15). The Balaban J connectivity index is 2.02. The fourth-order valence-electron chi connectivity index (χ4n) is 1.60. The Morgan fingerprint density at radius 2 is 2.47 bits per heavy atom. The van der Waals surface area contributed by atoms with Gasteiger partial charge in [-0.15, -0.1) is 0 Å². The van der Waals surface area contributed by atoms with E-state index in [1.165, 1.54) is 0 Å². The quantitative estimate of drug-likeness (QED) is 0.765. The lowest BCUT2D eigenvalue weighted by Crippen LogP contribution is -2.37. The molecule has 0 aliphatic carbocycles. The van der Waals surface area contributed by atoms with Crippen LogP contribution >= 0.6 is 15.9 Å². The first kappa shape index (κ1) is 12.5. The minimum Gasteiger partial charge on any atom is -0.386 e. The lowest BCUT2D eigenvalue weighted by atomic mass is 10.0. The highest BCUT2D eigenvalue weighted by molar-refractivity contribution is 9.10. The molecule has 6 nitrogen and oxygen atoms in total. The van der Waals surface area contributed by atoms with E-state index in [4.69, 9.17) is 4.74 Å². The number of hydrogen-bond acceptors (Lipinski definition) is 6. The molecule has 0 bridgehead atoms. The molecule has 1 saturated heterocycles. The zero-order valence-electron chi connectivity index (χ0n) is 9.53. The van der Waals surface area contributed by atoms with Gasteiger partial charge in [0.2, 0.25) is 5.95 Å². The highest BCUT2D eigenvalue weighted by Gasteiger charge is 2.32. The van der Waals surface area contributed by atoms with Crippen LogP contribution in [0, 0.1) is 0 Å². The third kappa shape index (κ3) is 3.05. The van der Waals surface area contributed by atoms with Crippen LogP contribution in [-0.2, 0) is 4.74 Å². The van der Waals surface area contributed by atoms with Crippen molar-refractivity contribution in [3.05, 3.63) is 10.7 Å². The maximum Gasteiger partial charge on any atom is 0.224 e. The van der Waals surface area contributed by atoms with E-state index in [-0.39, 0.29) is 0 Å². The fraction of sp³-hybridized carbons (Fsp3) is 0.600. The molecule has 1 aliphatic rings. The van der Waals surface area contributed by atoms with Crippen molar-refractivity contribution in [2.45, 2.75) is 12.0 Å². The van der Waals surface area contributed by atoms with Gasteiger partial charge in [0.1, 0.15) is 11.4 Å². The van der Waals surface area contributed by atoms with Gasteiger partial charge in [-0.25, -0.2) is 4.98 Å². The van der Waals surface area contributed by atoms with Crippen LogP contribution in [0.3, 0.4) is 0 Å². The number of hydrogen-bond donors (Lipinski definition) is 3. The van der Waals surface area contributed by atoms with Gasteiger partial charge in [-0.2, -0.15) is 4.98 Å². The van der Waals surface area contributed by atoms with Crippen molar-refractivity contribution in [1.29, 1.82) is 0 Å². The third-order valence-corrected chi connectivity index (χ3v) is 3.22. The fourth-order valence-corrected chi connectivity index (χ4v) is 1.93. The van der Waals surface area contributed by atoms with Crippen LogP contribution in [0.2, 0.25) is 0 Å². The average Bonchev–Trinajstić information content (AvgIpc) is 2.76. The SMILES string of the molecule is CNc1ncc(Br)c(NCC2(O)CCOC2)n1. The van der Waals surface area contributed by atoms with Gasteiger partial charge in [0.25, 0.3) is 0 Å². The van der Waals surface area contributed by atoms with E-state index in [2.05, 4.69) is 36.5 Å². The van der Waals surface area contributed by atoms with Gasteiger partial charge >= 0.3 is 0 Å². The average molecular weight is 303 g/mol. The maximum absolute atomic E-state index is 10.1. The Morgan fingerprint density at radius 1 is 1.65 bits per heavy atom. The highest BCUT2D eigenvalue weighted by atomic mass is 79.9. The topological polar surface area (TPSA) is 79.3 Å². The van der Waals surface area contributed by atoms with Gasteiger partial charge in [0, 0.05) is 32.8 Å². The summed E-state index contributed by atoms with van der Waals surface area (Å²) in [4.78, 5) is 8.31. The molecule has 17 heavy (non-hydrogen) atoms. The molecule has 2 heterocycles. The molecule has 0 radical (unpaired) electrons. The van der Waals surface area contributed by atoms with E-state index >= 15 is 0 Å². The zero-order valence-corrected chi connectivity index (χ0v) is 11.1. The Hall–Kier alpha value is -0.920. The molecular weight excluding hydrogens is 288 g/mol. The normalized spacial score (nSPS) is 23.7. The first-order valence-corrected chi connectivity index (χ1v) is 6.16. The molecule has 2 rings (SSSR count). The van der Waals surface area contributed by atoms with Crippen LogP contribution in [-0.4, -0.2) is 47.5 Å². The van der Waals surface area contributed by atoms with Crippen molar-refractivity contribution in [3.8, 4) is 0 Å². The van der Waals surface area contributed by atoms with Crippen molar-refractivity contribution in [2.75, 3.05) is 37.4 Å². The van der Waals surface area contributed by atoms with E-state index in [0.29, 0.717) is 37.9 Å². The van der Waals surface area contributed by atoms with Gasteiger partial charge in [0.15, 0.2) is 0 Å². The molecule has 7 heteroatoms. The van der Waals surface area contributed by atoms with Crippen LogP contribution in [0.1, 0.15) is 6.42 Å². The summed E-state index contributed by atoms with van der Waals surface area (Å²) in [6.45, 7) is 1.37. The largest absolute Gasteiger partial charge is 0.386 e. The summed E-state index contributed by atoms with van der Waals surface area (Å²) in [7, 11) is 1.76. The van der Waals surface area contributed by atoms with E-state index < -0.39 is 5.60 Å². The van der Waals surface area contributed by atoms with Gasteiger partial charge < -0.3 is 20.5 Å². The van der Waals surface area contributed by atoms with Crippen LogP contribution in [0.15, 0.2) is 10.7 Å². The summed E-state index contributed by atoms with van der Waals surface area (Å²) in [5.74, 6) is 1.19. The minimum absolute atomic E-state index is 0.363. The van der Waals surface area contributed by atoms with E-state index in [9.17, 15) is 5.11 Å². The first-order valence-electron chi connectivity index (χ1n) is 5.37. The molecule has 0 amide bonds. The molecular formula is C10H15BrN4O2. The summed E-state index contributed by atoms with van der Waals surface area (Å²) in [5.41, 5.74) is -0.801. The van der Waals surface area contributed by atoms with E-state index in [0.717, 1.165) is 4.47 Å². The van der Waals surface area contributed by atoms with E-state index in [1.54, 1.807) is 13.2 Å². The van der Waals surface area contributed by atoms with Gasteiger partial charge in [-0.3, -0.25) is 0 Å². The minimum atomic E-state index is -0.801. The smallest absolute Gasteiger partial charge is 0.224 e. The second-order valence-electron chi connectivity index (χ2n) is 4.02. The zero-order chi connectivity index (χ0) is 12.3. The molecule has 1 fully saturated rings. The Labute approximate surface area is 108 Å². The monoisotopic (exact) mass is 302 g/mol. The summed E-state index contributed by atoms with van der Waals surface area (Å²) in [6.07, 6.45) is 2.30. The lowest BCUT2D eigenvalue weighted by Gasteiger charge is -2.21. The molecule has 1 aromatic heterocycles. The van der Waals surface area contributed by atoms with Gasteiger partial charge in [-0.05, 0) is 15.9 Å². The molecule has 94 valence electrons. The molecule has 1 unspecified atom stereocenters. The number of rotatable bonds is 4. The van der Waals surface area contributed by atoms with E-state index in [1.807, 2.05) is 0 Å². The first-order chi connectivity index (χ1) is 8.13. The van der Waals surface area contributed by atoms with Crippen molar-refractivity contribution in [1.82, 2.24) is 9.97 Å². The second-order valence-corrected chi connectivity index (χ2v) is 4.87. The number of nitrogens with one attached hydrogen (secondary N) is 2. The van der Waals surface area contributed by atoms with Crippen LogP contribution in [0.4, 0.5) is 11.8 Å². The molecule has 3 N–H and O–H groups in total. The number of halogens is 1. The number of anilines is 2. The highest BCUT2D eigenvalue weighted by Crippen LogP contribution is 2.23. The summed E-state index contributed by atoms with van der Waals surface area (Å²) in [6, 6.07) is 0. The van der Waals surface area contributed by atoms with Crippen molar-refractivity contribution >= 4 is 27.7 Å². The predicted molar refractivity (Wildman–Crippen MR) is 68.2 cm³/mol. The number of aliphatic hydroxyl groups is 1. The lowest BCUT2D eigenvalue weighted by molar-refractivity contribution is 0.0381. The number of ether oxygens (including phenoxy) is 1. The summed E-state index contributed by atoms with van der Waals surface area (Å²) >= 11 is 3.36. The predicted octanol–water partition coefficient (Wildman–Crippen LogP) is 0.844. The molecule has 0 aromatic carbocycles. The maximum atomic E-state index is 10.1. The van der Waals surface area contributed by atoms with Crippen LogP contribution < -0.4 is 10.6 Å². The van der Waals surface area contributed by atoms with Crippen molar-refractivity contribution < 1.29 is 9.84 Å². The Kier molecular flexibility index (Phi) is 3.80. The van der Waals surface area contributed by atoms with Gasteiger partial charge in [0.05, 0.1) is 11.1 Å². The molecule has 0 saturated carbocycles. The Bertz CT molecular complexity index is 396. The second kappa shape index (κ2) is 5.16. The van der Waals surface area contributed by atoms with Gasteiger partial charge in [-0.1, -0.05) is 0 Å². The van der Waals surface area contributed by atoms with Crippen molar-refractivity contribution in [3.63, 3.8) is 0 Å². The number of aromatic nitrogens is 2. The molecule has 1 atom stereocenters. The van der Waals surface area contributed by atoms with Crippen LogP contribution in [0.5, 0.6) is 0 Å². The summed E-state index contributed by atoms with van der Waals surface area (Å²) < 4.78 is 5.94. The molecule has 1 aromatic rings. The number of nitrogens with zero attached hydrogens (tertiary/aromatic N) is 2. The third-order valence-electron chi connectivity index (χ3n) is 2.64. The summed E-state index contributed by atoms with van der Waals surface area (Å²) in [5, 5.41) is 16.1.